The molecule has 0 spiro atoms. The van der Waals surface area contributed by atoms with Crippen molar-refractivity contribution in [3.63, 3.8) is 0 Å². The Kier molecular flexibility index (Phi) is 9.38. The second-order valence-corrected chi connectivity index (χ2v) is 11.5. The van der Waals surface area contributed by atoms with Gasteiger partial charge < -0.3 is 15.0 Å². The summed E-state index contributed by atoms with van der Waals surface area (Å²) in [7, 11) is 0. The molecule has 44 heavy (non-hydrogen) atoms. The first-order valence-electron chi connectivity index (χ1n) is 14.0. The Labute approximate surface area is 257 Å². The number of thioether (sulfide) groups is 1. The Morgan fingerprint density at radius 2 is 1.84 bits per heavy atom. The van der Waals surface area contributed by atoms with E-state index in [9.17, 15) is 18.0 Å². The minimum Gasteiger partial charge on any atom is -0.406 e. The maximum Gasteiger partial charge on any atom is 0.573 e. The number of hydrogen-bond donors (Lipinski definition) is 1. The van der Waals surface area contributed by atoms with Crippen LogP contribution < -0.4 is 15.0 Å². The highest BCUT2D eigenvalue weighted by atomic mass is 32.2. The van der Waals surface area contributed by atoms with Crippen molar-refractivity contribution >= 4 is 34.7 Å². The smallest absolute Gasteiger partial charge is 0.406 e. The van der Waals surface area contributed by atoms with E-state index < -0.39 is 12.4 Å². The predicted octanol–water partition coefficient (Wildman–Crippen LogP) is 7.94. The van der Waals surface area contributed by atoms with Crippen molar-refractivity contribution in [2.24, 2.45) is 4.99 Å². The summed E-state index contributed by atoms with van der Waals surface area (Å²) in [6.07, 6.45) is 1.07. The normalized spacial score (nSPS) is 14.9. The number of ether oxygens (including phenoxy) is 1. The maximum atomic E-state index is 12.7. The van der Waals surface area contributed by atoms with Gasteiger partial charge in [-0.05, 0) is 72.4 Å². The van der Waals surface area contributed by atoms with Crippen LogP contribution in [0.25, 0.3) is 23.2 Å². The zero-order valence-electron chi connectivity index (χ0n) is 24.4. The van der Waals surface area contributed by atoms with Crippen LogP contribution in [0.15, 0.2) is 84.2 Å². The van der Waals surface area contributed by atoms with Crippen molar-refractivity contribution in [1.82, 2.24) is 20.1 Å². The highest BCUT2D eigenvalue weighted by Crippen LogP contribution is 2.33. The van der Waals surface area contributed by atoms with Gasteiger partial charge in [0.15, 0.2) is 11.0 Å². The Bertz CT molecular complexity index is 1660. The van der Waals surface area contributed by atoms with Crippen molar-refractivity contribution in [2.45, 2.75) is 39.5 Å². The SMILES string of the molecule is Cc1ccc(C(C)C)c(N2CCCS/C2=N\C(=O)N/C=C/c2ccc(-c3ncn(-c4ccc(OC(F)(F)F)cc4)n3)cc2)c1. The van der Waals surface area contributed by atoms with Gasteiger partial charge >= 0.3 is 12.4 Å². The van der Waals surface area contributed by atoms with Crippen molar-refractivity contribution in [1.29, 1.82) is 0 Å². The number of halogens is 3. The van der Waals surface area contributed by atoms with Crippen LogP contribution in [-0.4, -0.2) is 44.6 Å². The fourth-order valence-electron chi connectivity index (χ4n) is 4.64. The van der Waals surface area contributed by atoms with Crippen molar-refractivity contribution in [2.75, 3.05) is 17.2 Å². The van der Waals surface area contributed by atoms with E-state index >= 15 is 0 Å². The monoisotopic (exact) mass is 620 g/mol. The second-order valence-electron chi connectivity index (χ2n) is 10.4. The number of carbonyl (C=O) groups is 1. The molecule has 1 aliphatic heterocycles. The molecule has 3 aromatic carbocycles. The van der Waals surface area contributed by atoms with E-state index in [0.717, 1.165) is 41.1 Å². The third kappa shape index (κ3) is 7.87. The molecule has 12 heteroatoms. The number of nitrogens with zero attached hydrogens (tertiary/aromatic N) is 5. The minimum atomic E-state index is -4.75. The van der Waals surface area contributed by atoms with Gasteiger partial charge in [0, 0.05) is 29.7 Å². The lowest BCUT2D eigenvalue weighted by Crippen LogP contribution is -2.36. The van der Waals surface area contributed by atoms with E-state index in [1.54, 1.807) is 24.0 Å². The van der Waals surface area contributed by atoms with Gasteiger partial charge in [-0.1, -0.05) is 62.0 Å². The van der Waals surface area contributed by atoms with Gasteiger partial charge in [-0.3, -0.25) is 0 Å². The van der Waals surface area contributed by atoms with Gasteiger partial charge in [-0.15, -0.1) is 18.3 Å². The zero-order chi connectivity index (χ0) is 31.3. The third-order valence-corrected chi connectivity index (χ3v) is 7.82. The molecule has 1 N–H and O–H groups in total. The number of aryl methyl sites for hydroxylation is 1. The molecular weight excluding hydrogens is 589 g/mol. The van der Waals surface area contributed by atoms with Crippen LogP contribution in [0, 0.1) is 6.92 Å². The quantitative estimate of drug-likeness (QED) is 0.226. The molecule has 0 bridgehead atoms. The van der Waals surface area contributed by atoms with Gasteiger partial charge in [-0.2, -0.15) is 4.99 Å². The highest BCUT2D eigenvalue weighted by molar-refractivity contribution is 8.14. The molecule has 2 heterocycles. The minimum absolute atomic E-state index is 0.314. The summed E-state index contributed by atoms with van der Waals surface area (Å²) in [4.78, 5) is 23.6. The lowest BCUT2D eigenvalue weighted by Gasteiger charge is -2.32. The first-order chi connectivity index (χ1) is 21.1. The zero-order valence-corrected chi connectivity index (χ0v) is 25.2. The van der Waals surface area contributed by atoms with Crippen LogP contribution in [0.2, 0.25) is 0 Å². The molecule has 0 atom stereocenters. The first kappa shape index (κ1) is 30.9. The van der Waals surface area contributed by atoms with E-state index in [2.05, 4.69) is 69.0 Å². The average molecular weight is 621 g/mol. The van der Waals surface area contributed by atoms with Crippen molar-refractivity contribution in [3.8, 4) is 22.8 Å². The number of amides is 2. The Morgan fingerprint density at radius 3 is 2.55 bits per heavy atom. The molecule has 4 aromatic rings. The fraction of sp³-hybridized carbons (Fsp3) is 0.250. The molecular formula is C32H31F3N6O2S. The van der Waals surface area contributed by atoms with E-state index in [1.165, 1.54) is 40.8 Å². The van der Waals surface area contributed by atoms with E-state index in [4.69, 9.17) is 0 Å². The summed E-state index contributed by atoms with van der Waals surface area (Å²) in [5.41, 5.74) is 5.62. The number of alkyl halides is 3. The number of benzene rings is 3. The van der Waals surface area contributed by atoms with Crippen molar-refractivity contribution in [3.05, 3.63) is 95.9 Å². The molecule has 228 valence electrons. The van der Waals surface area contributed by atoms with Crippen LogP contribution in [0.4, 0.5) is 23.7 Å². The molecule has 0 radical (unpaired) electrons. The van der Waals surface area contributed by atoms with Gasteiger partial charge in [0.25, 0.3) is 0 Å². The van der Waals surface area contributed by atoms with Crippen molar-refractivity contribution < 1.29 is 22.7 Å². The van der Waals surface area contributed by atoms with Gasteiger partial charge in [-0.25, -0.2) is 14.5 Å². The lowest BCUT2D eigenvalue weighted by molar-refractivity contribution is -0.274. The van der Waals surface area contributed by atoms with E-state index in [0.29, 0.717) is 22.6 Å². The molecule has 0 saturated carbocycles. The number of rotatable bonds is 7. The first-order valence-corrected chi connectivity index (χ1v) is 15.0. The van der Waals surface area contributed by atoms with Gasteiger partial charge in [0.05, 0.1) is 5.69 Å². The topological polar surface area (TPSA) is 84.6 Å². The van der Waals surface area contributed by atoms with E-state index in [1.807, 2.05) is 24.3 Å². The van der Waals surface area contributed by atoms with Gasteiger partial charge in [0.1, 0.15) is 12.1 Å². The largest absolute Gasteiger partial charge is 0.573 e. The Hall–Kier alpha value is -4.58. The Balaban J connectivity index is 1.21. The second kappa shape index (κ2) is 13.4. The number of aliphatic imine (C=N–C) groups is 1. The van der Waals surface area contributed by atoms with Crippen LogP contribution in [-0.2, 0) is 0 Å². The number of anilines is 1. The molecule has 2 amide bonds. The number of nitrogens with one attached hydrogen (secondary N) is 1. The van der Waals surface area contributed by atoms with E-state index in [-0.39, 0.29) is 5.75 Å². The molecule has 1 aliphatic rings. The molecule has 0 unspecified atom stereocenters. The number of amidine groups is 1. The molecule has 1 saturated heterocycles. The third-order valence-electron chi connectivity index (χ3n) is 6.76. The number of aromatic nitrogens is 3. The standard InChI is InChI=1S/C32H31F3N6O2S/c1-21(2)27-14-5-22(3)19-28(27)40-17-4-18-44-31(40)38-30(42)36-16-15-23-6-8-24(9-7-23)29-37-20-41(39-29)25-10-12-26(13-11-25)43-32(33,34)35/h5-16,19-21H,4,17-18H2,1-3H3,(H,36,42)/b16-15+,38-31-. The summed E-state index contributed by atoms with van der Waals surface area (Å²) >= 11 is 1.58. The fourth-order valence-corrected chi connectivity index (χ4v) is 5.59. The van der Waals surface area contributed by atoms with Gasteiger partial charge in [0.2, 0.25) is 0 Å². The molecule has 1 aromatic heterocycles. The van der Waals surface area contributed by atoms with Crippen LogP contribution in [0.3, 0.4) is 0 Å². The molecule has 1 fully saturated rings. The number of hydrogen-bond acceptors (Lipinski definition) is 5. The predicted molar refractivity (Wildman–Crippen MR) is 168 cm³/mol. The number of carbonyl (C=O) groups excluding carboxylic acids is 1. The Morgan fingerprint density at radius 1 is 1.09 bits per heavy atom. The number of urea groups is 1. The maximum absolute atomic E-state index is 12.7. The van der Waals surface area contributed by atoms with Crippen LogP contribution in [0.1, 0.15) is 42.9 Å². The summed E-state index contributed by atoms with van der Waals surface area (Å²) in [5.74, 6) is 1.38. The van der Waals surface area contributed by atoms with Crippen LogP contribution in [0.5, 0.6) is 5.75 Å². The molecule has 5 rings (SSSR count). The summed E-state index contributed by atoms with van der Waals surface area (Å²) in [6, 6.07) is 18.7. The highest BCUT2D eigenvalue weighted by Gasteiger charge is 2.31. The van der Waals surface area contributed by atoms with Crippen LogP contribution >= 0.6 is 11.8 Å². The summed E-state index contributed by atoms with van der Waals surface area (Å²) < 4.78 is 42.6. The summed E-state index contributed by atoms with van der Waals surface area (Å²) in [6.45, 7) is 7.20. The molecule has 0 aliphatic carbocycles. The lowest BCUT2D eigenvalue weighted by atomic mass is 9.98. The average Bonchev–Trinajstić information content (AvgIpc) is 3.48. The molecule has 8 nitrogen and oxygen atoms in total. The summed E-state index contributed by atoms with van der Waals surface area (Å²) in [5, 5.41) is 7.85.